The molecule has 20 heavy (non-hydrogen) atoms. The third kappa shape index (κ3) is 3.23. The molecule has 0 aliphatic carbocycles. The standard InChI is InChI=1S/C13H15BrN4O2/c1-7(2)12-16-10-4-3-8(14)5-9(10)13(17-12)20-6-11(19)18-15/h3-5,7H,6,15H2,1-2H3,(H,18,19). The maximum absolute atomic E-state index is 11.2. The number of hydrogen-bond acceptors (Lipinski definition) is 5. The van der Waals surface area contributed by atoms with Crippen LogP contribution in [0.4, 0.5) is 0 Å². The van der Waals surface area contributed by atoms with Crippen LogP contribution in [0.25, 0.3) is 10.9 Å². The molecular formula is C13H15BrN4O2. The van der Waals surface area contributed by atoms with Gasteiger partial charge in [-0.3, -0.25) is 10.2 Å². The van der Waals surface area contributed by atoms with Crippen molar-refractivity contribution in [1.82, 2.24) is 15.4 Å². The number of halogens is 1. The second kappa shape index (κ2) is 6.15. The number of hydrogen-bond donors (Lipinski definition) is 2. The van der Waals surface area contributed by atoms with Crippen LogP contribution in [0.3, 0.4) is 0 Å². The van der Waals surface area contributed by atoms with Crippen LogP contribution in [0.15, 0.2) is 22.7 Å². The van der Waals surface area contributed by atoms with Crippen LogP contribution < -0.4 is 16.0 Å². The van der Waals surface area contributed by atoms with Crippen LogP contribution in [0, 0.1) is 0 Å². The number of aromatic nitrogens is 2. The van der Waals surface area contributed by atoms with Crippen molar-refractivity contribution in [3.63, 3.8) is 0 Å². The summed E-state index contributed by atoms with van der Waals surface area (Å²) in [5, 5.41) is 0.744. The fourth-order valence-corrected chi connectivity index (χ4v) is 1.99. The van der Waals surface area contributed by atoms with Gasteiger partial charge in [-0.25, -0.2) is 10.8 Å². The molecule has 0 saturated heterocycles. The smallest absolute Gasteiger partial charge is 0.271 e. The zero-order valence-corrected chi connectivity index (χ0v) is 12.8. The summed E-state index contributed by atoms with van der Waals surface area (Å²) in [6, 6.07) is 5.63. The number of benzene rings is 1. The van der Waals surface area contributed by atoms with Crippen molar-refractivity contribution in [2.45, 2.75) is 19.8 Å². The molecule has 2 aromatic rings. The third-order valence-corrected chi connectivity index (χ3v) is 3.15. The van der Waals surface area contributed by atoms with Crippen LogP contribution in [0.5, 0.6) is 5.88 Å². The van der Waals surface area contributed by atoms with Crippen LogP contribution in [0.1, 0.15) is 25.6 Å². The van der Waals surface area contributed by atoms with E-state index in [0.29, 0.717) is 11.7 Å². The summed E-state index contributed by atoms with van der Waals surface area (Å²) in [5.41, 5.74) is 2.79. The van der Waals surface area contributed by atoms with E-state index >= 15 is 0 Å². The highest BCUT2D eigenvalue weighted by atomic mass is 79.9. The Balaban J connectivity index is 2.47. The van der Waals surface area contributed by atoms with Gasteiger partial charge in [0.15, 0.2) is 6.61 Å². The van der Waals surface area contributed by atoms with Gasteiger partial charge < -0.3 is 4.74 Å². The second-order valence-corrected chi connectivity index (χ2v) is 5.47. The molecule has 1 aromatic heterocycles. The average Bonchev–Trinajstić information content (AvgIpc) is 2.44. The molecule has 0 aliphatic rings. The number of nitrogens with two attached hydrogens (primary N) is 1. The van der Waals surface area contributed by atoms with E-state index in [0.717, 1.165) is 15.4 Å². The fraction of sp³-hybridized carbons (Fsp3) is 0.308. The highest BCUT2D eigenvalue weighted by Crippen LogP contribution is 2.27. The number of rotatable bonds is 4. The lowest BCUT2D eigenvalue weighted by Gasteiger charge is -2.11. The van der Waals surface area contributed by atoms with E-state index in [2.05, 4.69) is 25.9 Å². The molecule has 6 nitrogen and oxygen atoms in total. The summed E-state index contributed by atoms with van der Waals surface area (Å²) in [4.78, 5) is 20.1. The Morgan fingerprint density at radius 1 is 1.45 bits per heavy atom. The van der Waals surface area contributed by atoms with E-state index in [9.17, 15) is 4.79 Å². The molecule has 0 spiro atoms. The van der Waals surface area contributed by atoms with Crippen molar-refractivity contribution in [3.8, 4) is 5.88 Å². The number of carbonyl (C=O) groups is 1. The monoisotopic (exact) mass is 338 g/mol. The van der Waals surface area contributed by atoms with Crippen molar-refractivity contribution >= 4 is 32.7 Å². The van der Waals surface area contributed by atoms with Gasteiger partial charge in [0.2, 0.25) is 5.88 Å². The normalized spacial score (nSPS) is 10.8. The van der Waals surface area contributed by atoms with Gasteiger partial charge in [0.05, 0.1) is 10.9 Å². The minimum atomic E-state index is -0.419. The first-order valence-corrected chi connectivity index (χ1v) is 6.90. The molecule has 0 fully saturated rings. The SMILES string of the molecule is CC(C)c1nc(OCC(=O)NN)c2cc(Br)ccc2n1. The predicted octanol–water partition coefficient (Wildman–Crippen LogP) is 1.88. The molecule has 0 saturated carbocycles. The average molecular weight is 339 g/mol. The lowest BCUT2D eigenvalue weighted by molar-refractivity contribution is -0.123. The maximum Gasteiger partial charge on any atom is 0.271 e. The van der Waals surface area contributed by atoms with Gasteiger partial charge in [0.25, 0.3) is 5.91 Å². The molecule has 0 aliphatic heterocycles. The molecule has 1 aromatic carbocycles. The van der Waals surface area contributed by atoms with Crippen molar-refractivity contribution in [3.05, 3.63) is 28.5 Å². The molecule has 0 unspecified atom stereocenters. The Hall–Kier alpha value is -1.73. The van der Waals surface area contributed by atoms with Crippen LogP contribution in [-0.2, 0) is 4.79 Å². The number of carbonyl (C=O) groups excluding carboxylic acids is 1. The molecule has 3 N–H and O–H groups in total. The van der Waals surface area contributed by atoms with Crippen LogP contribution in [-0.4, -0.2) is 22.5 Å². The molecule has 1 amide bonds. The quantitative estimate of drug-likeness (QED) is 0.504. The van der Waals surface area contributed by atoms with Gasteiger partial charge in [-0.05, 0) is 18.2 Å². The summed E-state index contributed by atoms with van der Waals surface area (Å²) in [6.45, 7) is 3.81. The van der Waals surface area contributed by atoms with Crippen LogP contribution in [0.2, 0.25) is 0 Å². The molecule has 7 heteroatoms. The van der Waals surface area contributed by atoms with Crippen molar-refractivity contribution < 1.29 is 9.53 Å². The largest absolute Gasteiger partial charge is 0.467 e. The number of nitrogens with one attached hydrogen (secondary N) is 1. The second-order valence-electron chi connectivity index (χ2n) is 4.56. The first kappa shape index (κ1) is 14.7. The van der Waals surface area contributed by atoms with Crippen molar-refractivity contribution in [1.29, 1.82) is 0 Å². The molecule has 0 radical (unpaired) electrons. The number of hydrazine groups is 1. The van der Waals surface area contributed by atoms with Crippen LogP contribution >= 0.6 is 15.9 Å². The lowest BCUT2D eigenvalue weighted by Crippen LogP contribution is -2.34. The third-order valence-electron chi connectivity index (χ3n) is 2.66. The summed E-state index contributed by atoms with van der Waals surface area (Å²) in [7, 11) is 0. The maximum atomic E-state index is 11.2. The zero-order chi connectivity index (χ0) is 14.7. The topological polar surface area (TPSA) is 90.1 Å². The van der Waals surface area contributed by atoms with Gasteiger partial charge in [0.1, 0.15) is 5.82 Å². The molecule has 106 valence electrons. The Morgan fingerprint density at radius 3 is 2.85 bits per heavy atom. The van der Waals surface area contributed by atoms with Crippen molar-refractivity contribution in [2.75, 3.05) is 6.61 Å². The lowest BCUT2D eigenvalue weighted by atomic mass is 10.2. The number of nitrogens with zero attached hydrogens (tertiary/aromatic N) is 2. The highest BCUT2D eigenvalue weighted by molar-refractivity contribution is 9.10. The van der Waals surface area contributed by atoms with E-state index in [1.54, 1.807) is 0 Å². The predicted molar refractivity (Wildman–Crippen MR) is 79.2 cm³/mol. The first-order valence-electron chi connectivity index (χ1n) is 6.10. The molecule has 0 bridgehead atoms. The first-order chi connectivity index (χ1) is 9.51. The van der Waals surface area contributed by atoms with Gasteiger partial charge in [-0.1, -0.05) is 29.8 Å². The van der Waals surface area contributed by atoms with E-state index in [1.807, 2.05) is 37.5 Å². The van der Waals surface area contributed by atoms with Crippen molar-refractivity contribution in [2.24, 2.45) is 5.84 Å². The summed E-state index contributed by atoms with van der Waals surface area (Å²) in [6.07, 6.45) is 0. The Kier molecular flexibility index (Phi) is 4.51. The molecule has 1 heterocycles. The Morgan fingerprint density at radius 2 is 2.20 bits per heavy atom. The van der Waals surface area contributed by atoms with E-state index in [1.165, 1.54) is 0 Å². The molecular weight excluding hydrogens is 324 g/mol. The number of ether oxygens (including phenoxy) is 1. The molecule has 2 rings (SSSR count). The van der Waals surface area contributed by atoms with E-state index < -0.39 is 5.91 Å². The minimum Gasteiger partial charge on any atom is -0.467 e. The Bertz CT molecular complexity index is 646. The summed E-state index contributed by atoms with van der Waals surface area (Å²) >= 11 is 3.40. The fourth-order valence-electron chi connectivity index (χ4n) is 1.63. The highest BCUT2D eigenvalue weighted by Gasteiger charge is 2.13. The van der Waals surface area contributed by atoms with E-state index in [4.69, 9.17) is 10.6 Å². The Labute approximate surface area is 124 Å². The zero-order valence-electron chi connectivity index (χ0n) is 11.2. The summed E-state index contributed by atoms with van der Waals surface area (Å²) in [5.74, 6) is 5.82. The van der Waals surface area contributed by atoms with Gasteiger partial charge in [-0.15, -0.1) is 0 Å². The minimum absolute atomic E-state index is 0.161. The number of amides is 1. The molecule has 0 atom stereocenters. The number of fused-ring (bicyclic) bond motifs is 1. The van der Waals surface area contributed by atoms with E-state index in [-0.39, 0.29) is 12.5 Å². The van der Waals surface area contributed by atoms with Gasteiger partial charge >= 0.3 is 0 Å². The van der Waals surface area contributed by atoms with Gasteiger partial charge in [-0.2, -0.15) is 4.98 Å². The summed E-state index contributed by atoms with van der Waals surface area (Å²) < 4.78 is 6.34. The van der Waals surface area contributed by atoms with Gasteiger partial charge in [0, 0.05) is 10.4 Å².